The summed E-state index contributed by atoms with van der Waals surface area (Å²) < 4.78 is 0. The van der Waals surface area contributed by atoms with E-state index in [1.165, 1.54) is 0 Å². The highest BCUT2D eigenvalue weighted by Gasteiger charge is 2.40. The second-order valence-corrected chi connectivity index (χ2v) is 6.19. The largest absolute Gasteiger partial charge is 0.329 e. The molecule has 1 aromatic rings. The summed E-state index contributed by atoms with van der Waals surface area (Å²) in [5.74, 6) is 0.0117. The fourth-order valence-electron chi connectivity index (χ4n) is 2.92. The summed E-state index contributed by atoms with van der Waals surface area (Å²) in [4.78, 5) is 32.0. The van der Waals surface area contributed by atoms with Crippen molar-refractivity contribution in [2.75, 3.05) is 13.1 Å². The van der Waals surface area contributed by atoms with Gasteiger partial charge in [0.05, 0.1) is 5.02 Å². The number of carbonyl (C=O) groups excluding carboxylic acids is 2. The lowest BCUT2D eigenvalue weighted by atomic mass is 9.98. The Morgan fingerprint density at radius 3 is 2.86 bits per heavy atom. The number of halogens is 2. The average Bonchev–Trinajstić information content (AvgIpc) is 2.47. The molecule has 0 saturated carbocycles. The van der Waals surface area contributed by atoms with Crippen LogP contribution in [-0.4, -0.2) is 45.7 Å². The average molecular weight is 328 g/mol. The third-order valence-corrected chi connectivity index (χ3v) is 4.56. The molecule has 2 aliphatic heterocycles. The number of carbonyl (C=O) groups is 2. The van der Waals surface area contributed by atoms with Crippen molar-refractivity contribution in [2.45, 2.75) is 31.8 Å². The number of aromatic nitrogens is 1. The molecule has 3 rings (SSSR count). The van der Waals surface area contributed by atoms with Crippen molar-refractivity contribution >= 4 is 35.0 Å². The molecule has 3 heterocycles. The van der Waals surface area contributed by atoms with Crippen molar-refractivity contribution in [3.8, 4) is 0 Å². The van der Waals surface area contributed by atoms with Gasteiger partial charge in [-0.05, 0) is 25.3 Å². The molecule has 7 heteroatoms. The van der Waals surface area contributed by atoms with Crippen molar-refractivity contribution in [3.63, 3.8) is 0 Å². The first kappa shape index (κ1) is 14.6. The van der Waals surface area contributed by atoms with Gasteiger partial charge in [-0.1, -0.05) is 23.2 Å². The van der Waals surface area contributed by atoms with Gasteiger partial charge in [-0.3, -0.25) is 9.59 Å². The first-order valence-electron chi connectivity index (χ1n) is 6.94. The monoisotopic (exact) mass is 327 g/mol. The Balaban J connectivity index is 1.79. The van der Waals surface area contributed by atoms with Gasteiger partial charge in [0.25, 0.3) is 0 Å². The molecule has 21 heavy (non-hydrogen) atoms. The molecule has 0 aliphatic carbocycles. The second kappa shape index (κ2) is 5.81. The van der Waals surface area contributed by atoms with Crippen LogP contribution in [0.4, 0.5) is 0 Å². The van der Waals surface area contributed by atoms with Crippen LogP contribution in [0.3, 0.4) is 0 Å². The van der Waals surface area contributed by atoms with Crippen LogP contribution < -0.4 is 0 Å². The highest BCUT2D eigenvalue weighted by atomic mass is 35.5. The van der Waals surface area contributed by atoms with E-state index in [-0.39, 0.29) is 30.9 Å². The van der Waals surface area contributed by atoms with Crippen molar-refractivity contribution in [2.24, 2.45) is 0 Å². The third kappa shape index (κ3) is 2.85. The number of piperazine rings is 1. The Labute approximate surface area is 132 Å². The van der Waals surface area contributed by atoms with Gasteiger partial charge in [-0.15, -0.1) is 0 Å². The summed E-state index contributed by atoms with van der Waals surface area (Å²) in [6, 6.07) is 1.24. The van der Waals surface area contributed by atoms with E-state index in [4.69, 9.17) is 23.2 Å². The fourth-order valence-corrected chi connectivity index (χ4v) is 3.35. The van der Waals surface area contributed by atoms with Crippen molar-refractivity contribution in [3.05, 3.63) is 28.0 Å². The molecule has 2 fully saturated rings. The molecule has 2 saturated heterocycles. The lowest BCUT2D eigenvalue weighted by Gasteiger charge is -2.42. The molecule has 1 atom stereocenters. The van der Waals surface area contributed by atoms with Gasteiger partial charge >= 0.3 is 0 Å². The molecule has 0 aromatic carbocycles. The van der Waals surface area contributed by atoms with Gasteiger partial charge in [0.1, 0.15) is 17.7 Å². The minimum Gasteiger partial charge on any atom is -0.329 e. The third-order valence-electron chi connectivity index (χ3n) is 4.00. The SMILES string of the molecule is O=C1C2CCCCN2C(=O)CN1Cc1cnc(Cl)cc1Cl. The molecule has 1 unspecified atom stereocenters. The maximum absolute atomic E-state index is 12.5. The van der Waals surface area contributed by atoms with Crippen molar-refractivity contribution in [1.29, 1.82) is 0 Å². The van der Waals surface area contributed by atoms with Crippen LogP contribution in [0.15, 0.2) is 12.3 Å². The van der Waals surface area contributed by atoms with Gasteiger partial charge in [0.15, 0.2) is 0 Å². The molecule has 1 aromatic heterocycles. The molecule has 112 valence electrons. The second-order valence-electron chi connectivity index (χ2n) is 5.39. The molecule has 5 nitrogen and oxygen atoms in total. The van der Waals surface area contributed by atoms with E-state index in [1.54, 1.807) is 22.1 Å². The van der Waals surface area contributed by atoms with Crippen molar-refractivity contribution < 1.29 is 9.59 Å². The molecular weight excluding hydrogens is 313 g/mol. The molecular formula is C14H15Cl2N3O2. The van der Waals surface area contributed by atoms with Crippen LogP contribution in [0.25, 0.3) is 0 Å². The zero-order valence-electron chi connectivity index (χ0n) is 11.4. The Morgan fingerprint density at radius 2 is 2.10 bits per heavy atom. The normalized spacial score (nSPS) is 22.5. The summed E-state index contributed by atoms with van der Waals surface area (Å²) in [6.07, 6.45) is 4.25. The maximum Gasteiger partial charge on any atom is 0.246 e. The van der Waals surface area contributed by atoms with Gasteiger partial charge in [0, 0.05) is 24.8 Å². The first-order valence-corrected chi connectivity index (χ1v) is 7.70. The first-order chi connectivity index (χ1) is 10.1. The zero-order valence-corrected chi connectivity index (χ0v) is 12.9. The Hall–Kier alpha value is -1.33. The van der Waals surface area contributed by atoms with E-state index in [9.17, 15) is 9.59 Å². The van der Waals surface area contributed by atoms with Crippen LogP contribution in [0.1, 0.15) is 24.8 Å². The summed E-state index contributed by atoms with van der Waals surface area (Å²) in [7, 11) is 0. The molecule has 0 N–H and O–H groups in total. The topological polar surface area (TPSA) is 53.5 Å². The number of hydrogen-bond acceptors (Lipinski definition) is 3. The minimum atomic E-state index is -0.306. The number of hydrogen-bond donors (Lipinski definition) is 0. The molecule has 0 radical (unpaired) electrons. The number of nitrogens with zero attached hydrogens (tertiary/aromatic N) is 3. The van der Waals surface area contributed by atoms with Gasteiger partial charge in [-0.2, -0.15) is 0 Å². The van der Waals surface area contributed by atoms with Crippen LogP contribution in [-0.2, 0) is 16.1 Å². The predicted molar refractivity (Wildman–Crippen MR) is 79.0 cm³/mol. The molecule has 2 amide bonds. The standard InChI is InChI=1S/C14H15Cl2N3O2/c15-10-5-12(16)17-6-9(10)7-18-8-13(20)19-4-2-1-3-11(19)14(18)21/h5-6,11H,1-4,7-8H2. The van der Waals surface area contributed by atoms with Gasteiger partial charge in [0.2, 0.25) is 11.8 Å². The van der Waals surface area contributed by atoms with E-state index in [2.05, 4.69) is 4.98 Å². The van der Waals surface area contributed by atoms with Gasteiger partial charge < -0.3 is 9.80 Å². The number of piperidine rings is 1. The smallest absolute Gasteiger partial charge is 0.246 e. The summed E-state index contributed by atoms with van der Waals surface area (Å²) in [5, 5.41) is 0.768. The van der Waals surface area contributed by atoms with E-state index in [0.717, 1.165) is 19.3 Å². The molecule has 2 aliphatic rings. The zero-order chi connectivity index (χ0) is 15.0. The van der Waals surface area contributed by atoms with Crippen LogP contribution in [0.5, 0.6) is 0 Å². The van der Waals surface area contributed by atoms with Crippen LogP contribution >= 0.6 is 23.2 Å². The molecule has 0 bridgehead atoms. The predicted octanol–water partition coefficient (Wildman–Crippen LogP) is 2.11. The minimum absolute atomic E-state index is 0.000293. The summed E-state index contributed by atoms with van der Waals surface area (Å²) >= 11 is 11.9. The van der Waals surface area contributed by atoms with Crippen LogP contribution in [0, 0.1) is 0 Å². The van der Waals surface area contributed by atoms with E-state index in [0.29, 0.717) is 22.3 Å². The number of fused-ring (bicyclic) bond motifs is 1. The maximum atomic E-state index is 12.5. The fraction of sp³-hybridized carbons (Fsp3) is 0.500. The van der Waals surface area contributed by atoms with E-state index < -0.39 is 0 Å². The van der Waals surface area contributed by atoms with Crippen molar-refractivity contribution in [1.82, 2.24) is 14.8 Å². The Bertz CT molecular complexity index is 594. The van der Waals surface area contributed by atoms with E-state index in [1.807, 2.05) is 0 Å². The number of rotatable bonds is 2. The number of amides is 2. The Morgan fingerprint density at radius 1 is 1.29 bits per heavy atom. The van der Waals surface area contributed by atoms with E-state index >= 15 is 0 Å². The van der Waals surface area contributed by atoms with Crippen LogP contribution in [0.2, 0.25) is 10.2 Å². The lowest BCUT2D eigenvalue weighted by molar-refractivity contribution is -0.158. The van der Waals surface area contributed by atoms with Gasteiger partial charge in [-0.25, -0.2) is 4.98 Å². The Kier molecular flexibility index (Phi) is 4.04. The quantitative estimate of drug-likeness (QED) is 0.782. The highest BCUT2D eigenvalue weighted by Crippen LogP contribution is 2.26. The summed E-state index contributed by atoms with van der Waals surface area (Å²) in [6.45, 7) is 1.08. The molecule has 0 spiro atoms. The highest BCUT2D eigenvalue weighted by molar-refractivity contribution is 6.34. The lowest BCUT2D eigenvalue weighted by Crippen LogP contribution is -2.60. The number of pyridine rings is 1. The summed E-state index contributed by atoms with van der Waals surface area (Å²) in [5.41, 5.74) is 0.700.